The Hall–Kier alpha value is -1.94. The lowest BCUT2D eigenvalue weighted by Crippen LogP contribution is -1.99. The van der Waals surface area contributed by atoms with Crippen LogP contribution in [0.25, 0.3) is 11.1 Å². The SMILES string of the molecule is COc1ncc(-c2ccccc2CN)cn1. The van der Waals surface area contributed by atoms with E-state index in [4.69, 9.17) is 10.5 Å². The highest BCUT2D eigenvalue weighted by Gasteiger charge is 2.04. The molecule has 4 heteroatoms. The lowest BCUT2D eigenvalue weighted by Gasteiger charge is -2.07. The molecule has 16 heavy (non-hydrogen) atoms. The van der Waals surface area contributed by atoms with Gasteiger partial charge < -0.3 is 10.5 Å². The van der Waals surface area contributed by atoms with Crippen molar-refractivity contribution in [2.24, 2.45) is 5.73 Å². The first kappa shape index (κ1) is 10.6. The molecule has 0 saturated carbocycles. The van der Waals surface area contributed by atoms with Crippen molar-refractivity contribution >= 4 is 0 Å². The zero-order valence-corrected chi connectivity index (χ0v) is 9.05. The smallest absolute Gasteiger partial charge is 0.316 e. The van der Waals surface area contributed by atoms with Crippen LogP contribution in [0.5, 0.6) is 6.01 Å². The van der Waals surface area contributed by atoms with Gasteiger partial charge in [-0.15, -0.1) is 0 Å². The van der Waals surface area contributed by atoms with E-state index in [0.717, 1.165) is 16.7 Å². The monoisotopic (exact) mass is 215 g/mol. The molecule has 4 nitrogen and oxygen atoms in total. The fraction of sp³-hybridized carbons (Fsp3) is 0.167. The second-order valence-corrected chi connectivity index (χ2v) is 3.32. The minimum atomic E-state index is 0.369. The summed E-state index contributed by atoms with van der Waals surface area (Å²) in [6.07, 6.45) is 3.47. The van der Waals surface area contributed by atoms with Crippen LogP contribution in [0.1, 0.15) is 5.56 Å². The molecule has 0 atom stereocenters. The number of benzene rings is 1. The third kappa shape index (κ3) is 2.01. The first-order valence-electron chi connectivity index (χ1n) is 4.99. The first-order chi connectivity index (χ1) is 7.85. The highest BCUT2D eigenvalue weighted by Crippen LogP contribution is 2.22. The van der Waals surface area contributed by atoms with Crippen LogP contribution in [0, 0.1) is 0 Å². The molecular weight excluding hydrogens is 202 g/mol. The molecule has 0 saturated heterocycles. The Labute approximate surface area is 94.1 Å². The molecule has 1 aromatic heterocycles. The standard InChI is InChI=1S/C12H13N3O/c1-16-12-14-7-10(8-15-12)11-5-3-2-4-9(11)6-13/h2-5,7-8H,6,13H2,1H3. The molecule has 0 fully saturated rings. The van der Waals surface area contributed by atoms with Gasteiger partial charge in [0.05, 0.1) is 7.11 Å². The second kappa shape index (κ2) is 4.72. The number of nitrogens with two attached hydrogens (primary N) is 1. The van der Waals surface area contributed by atoms with E-state index in [1.807, 2.05) is 24.3 Å². The van der Waals surface area contributed by atoms with E-state index in [0.29, 0.717) is 12.6 Å². The quantitative estimate of drug-likeness (QED) is 0.845. The summed E-state index contributed by atoms with van der Waals surface area (Å²) in [6.45, 7) is 0.502. The Morgan fingerprint density at radius 1 is 1.19 bits per heavy atom. The van der Waals surface area contributed by atoms with Gasteiger partial charge in [0.2, 0.25) is 0 Å². The number of hydrogen-bond donors (Lipinski definition) is 1. The topological polar surface area (TPSA) is 61.0 Å². The molecule has 0 radical (unpaired) electrons. The number of rotatable bonds is 3. The van der Waals surface area contributed by atoms with Crippen molar-refractivity contribution in [2.45, 2.75) is 6.54 Å². The number of aromatic nitrogens is 2. The van der Waals surface area contributed by atoms with E-state index in [1.165, 1.54) is 0 Å². The summed E-state index contributed by atoms with van der Waals surface area (Å²) in [6, 6.07) is 8.32. The maximum absolute atomic E-state index is 5.68. The molecule has 0 spiro atoms. The van der Waals surface area contributed by atoms with Crippen LogP contribution in [0.3, 0.4) is 0 Å². The summed E-state index contributed by atoms with van der Waals surface area (Å²) in [5.41, 5.74) is 8.77. The molecular formula is C12H13N3O. The van der Waals surface area contributed by atoms with E-state index < -0.39 is 0 Å². The van der Waals surface area contributed by atoms with E-state index in [-0.39, 0.29) is 0 Å². The fourth-order valence-electron chi connectivity index (χ4n) is 1.54. The first-order valence-corrected chi connectivity index (χ1v) is 4.99. The van der Waals surface area contributed by atoms with Gasteiger partial charge in [-0.2, -0.15) is 0 Å². The third-order valence-electron chi connectivity index (χ3n) is 2.36. The average Bonchev–Trinajstić information content (AvgIpc) is 2.39. The van der Waals surface area contributed by atoms with Crippen molar-refractivity contribution in [3.63, 3.8) is 0 Å². The zero-order chi connectivity index (χ0) is 11.4. The van der Waals surface area contributed by atoms with Crippen LogP contribution in [0.2, 0.25) is 0 Å². The molecule has 2 rings (SSSR count). The van der Waals surface area contributed by atoms with Crippen LogP contribution < -0.4 is 10.5 Å². The maximum Gasteiger partial charge on any atom is 0.316 e. The molecule has 82 valence electrons. The molecule has 0 aliphatic carbocycles. The highest BCUT2D eigenvalue weighted by molar-refractivity contribution is 5.65. The van der Waals surface area contributed by atoms with E-state index in [2.05, 4.69) is 9.97 Å². The Kier molecular flexibility index (Phi) is 3.12. The lowest BCUT2D eigenvalue weighted by molar-refractivity contribution is 0.380. The molecule has 2 aromatic rings. The Morgan fingerprint density at radius 2 is 1.88 bits per heavy atom. The predicted octanol–water partition coefficient (Wildman–Crippen LogP) is 1.61. The summed E-state index contributed by atoms with van der Waals surface area (Å²) in [7, 11) is 1.54. The van der Waals surface area contributed by atoms with Crippen molar-refractivity contribution in [1.82, 2.24) is 9.97 Å². The number of nitrogens with zero attached hydrogens (tertiary/aromatic N) is 2. The molecule has 1 aromatic carbocycles. The molecule has 0 unspecified atom stereocenters. The summed E-state index contributed by atoms with van der Waals surface area (Å²) in [4.78, 5) is 8.15. The van der Waals surface area contributed by atoms with Crippen molar-refractivity contribution < 1.29 is 4.74 Å². The van der Waals surface area contributed by atoms with Gasteiger partial charge in [-0.3, -0.25) is 0 Å². The highest BCUT2D eigenvalue weighted by atomic mass is 16.5. The van der Waals surface area contributed by atoms with Crippen molar-refractivity contribution in [2.75, 3.05) is 7.11 Å². The largest absolute Gasteiger partial charge is 0.467 e. The zero-order valence-electron chi connectivity index (χ0n) is 9.05. The van der Waals surface area contributed by atoms with Crippen molar-refractivity contribution in [3.05, 3.63) is 42.2 Å². The van der Waals surface area contributed by atoms with Crippen LogP contribution >= 0.6 is 0 Å². The van der Waals surface area contributed by atoms with Gasteiger partial charge >= 0.3 is 6.01 Å². The van der Waals surface area contributed by atoms with Gasteiger partial charge in [0.1, 0.15) is 0 Å². The average molecular weight is 215 g/mol. The Morgan fingerprint density at radius 3 is 2.50 bits per heavy atom. The summed E-state index contributed by atoms with van der Waals surface area (Å²) < 4.78 is 4.91. The predicted molar refractivity (Wildman–Crippen MR) is 61.9 cm³/mol. The molecule has 0 amide bonds. The number of ether oxygens (including phenoxy) is 1. The van der Waals surface area contributed by atoms with E-state index >= 15 is 0 Å². The second-order valence-electron chi connectivity index (χ2n) is 3.32. The molecule has 1 heterocycles. The minimum absolute atomic E-state index is 0.369. The van der Waals surface area contributed by atoms with Crippen LogP contribution in [-0.4, -0.2) is 17.1 Å². The minimum Gasteiger partial charge on any atom is -0.467 e. The third-order valence-corrected chi connectivity index (χ3v) is 2.36. The van der Waals surface area contributed by atoms with Gasteiger partial charge in [-0.25, -0.2) is 9.97 Å². The fourth-order valence-corrected chi connectivity index (χ4v) is 1.54. The summed E-state index contributed by atoms with van der Waals surface area (Å²) >= 11 is 0. The maximum atomic E-state index is 5.68. The van der Waals surface area contributed by atoms with Crippen LogP contribution in [0.4, 0.5) is 0 Å². The Balaban J connectivity index is 2.42. The molecule has 0 aliphatic heterocycles. The molecule has 0 bridgehead atoms. The summed E-state index contributed by atoms with van der Waals surface area (Å²) in [5.74, 6) is 0. The van der Waals surface area contributed by atoms with Crippen LogP contribution in [-0.2, 0) is 6.54 Å². The normalized spacial score (nSPS) is 10.1. The number of methoxy groups -OCH3 is 1. The van der Waals surface area contributed by atoms with Gasteiger partial charge in [0.25, 0.3) is 0 Å². The lowest BCUT2D eigenvalue weighted by atomic mass is 10.0. The molecule has 2 N–H and O–H groups in total. The van der Waals surface area contributed by atoms with Gasteiger partial charge in [-0.1, -0.05) is 24.3 Å². The van der Waals surface area contributed by atoms with Gasteiger partial charge in [-0.05, 0) is 11.1 Å². The van der Waals surface area contributed by atoms with Crippen LogP contribution in [0.15, 0.2) is 36.7 Å². The van der Waals surface area contributed by atoms with Gasteiger partial charge in [0, 0.05) is 24.5 Å². The van der Waals surface area contributed by atoms with E-state index in [9.17, 15) is 0 Å². The van der Waals surface area contributed by atoms with Gasteiger partial charge in [0.15, 0.2) is 0 Å². The number of hydrogen-bond acceptors (Lipinski definition) is 4. The van der Waals surface area contributed by atoms with Crippen molar-refractivity contribution in [3.8, 4) is 17.1 Å². The Bertz CT molecular complexity index is 468. The van der Waals surface area contributed by atoms with E-state index in [1.54, 1.807) is 19.5 Å². The van der Waals surface area contributed by atoms with Crippen molar-refractivity contribution in [1.29, 1.82) is 0 Å². The molecule has 0 aliphatic rings. The summed E-state index contributed by atoms with van der Waals surface area (Å²) in [5, 5.41) is 0.